The van der Waals surface area contributed by atoms with E-state index >= 15 is 0 Å². The molecule has 0 saturated heterocycles. The van der Waals surface area contributed by atoms with E-state index in [1.807, 2.05) is 6.08 Å². The van der Waals surface area contributed by atoms with Crippen LogP contribution in [0.25, 0.3) is 34.1 Å². The molecule has 1 aliphatic rings. The van der Waals surface area contributed by atoms with Crippen LogP contribution in [0.1, 0.15) is 42.5 Å². The minimum absolute atomic E-state index is 0.0306. The van der Waals surface area contributed by atoms with Gasteiger partial charge in [-0.15, -0.1) is 0 Å². The Morgan fingerprint density at radius 2 is 1.94 bits per heavy atom. The number of amides is 2. The number of fused-ring (bicyclic) bond motifs is 2. The highest BCUT2D eigenvalue weighted by atomic mass is 19.1. The minimum atomic E-state index is -0.962. The number of aliphatic hydroxyl groups excluding tert-OH is 2. The van der Waals surface area contributed by atoms with E-state index in [0.29, 0.717) is 45.6 Å². The molecule has 0 aliphatic heterocycles. The molecule has 2 atom stereocenters. The maximum absolute atomic E-state index is 14.3. The van der Waals surface area contributed by atoms with E-state index in [1.165, 1.54) is 7.05 Å². The molecule has 4 rings (SSSR count). The maximum Gasteiger partial charge on any atom is 0.257 e. The van der Waals surface area contributed by atoms with Gasteiger partial charge in [0.1, 0.15) is 5.83 Å². The van der Waals surface area contributed by atoms with Crippen molar-refractivity contribution in [2.75, 3.05) is 13.6 Å². The van der Waals surface area contributed by atoms with Crippen molar-refractivity contribution in [2.24, 2.45) is 0 Å². The summed E-state index contributed by atoms with van der Waals surface area (Å²) in [6.07, 6.45) is 0.987. The Morgan fingerprint density at radius 3 is 2.72 bits per heavy atom. The highest BCUT2D eigenvalue weighted by Gasteiger charge is 2.16. The molecule has 1 aromatic carbocycles. The summed E-state index contributed by atoms with van der Waals surface area (Å²) in [5, 5.41) is 26.6. The van der Waals surface area contributed by atoms with Crippen molar-refractivity contribution in [2.45, 2.75) is 44.3 Å². The van der Waals surface area contributed by atoms with Crippen molar-refractivity contribution in [1.82, 2.24) is 20.6 Å². The molecular formula is C26H29FN4O5. The van der Waals surface area contributed by atoms with Gasteiger partial charge in [0.15, 0.2) is 0 Å². The van der Waals surface area contributed by atoms with Crippen LogP contribution < -0.4 is 26.8 Å². The van der Waals surface area contributed by atoms with Crippen molar-refractivity contribution in [3.05, 3.63) is 56.8 Å². The molecule has 3 aromatic rings. The van der Waals surface area contributed by atoms with Crippen LogP contribution in [0.2, 0.25) is 0 Å². The second-order valence-corrected chi connectivity index (χ2v) is 8.94. The molecular weight excluding hydrogens is 467 g/mol. The van der Waals surface area contributed by atoms with Crippen LogP contribution in [0.3, 0.4) is 0 Å². The van der Waals surface area contributed by atoms with Gasteiger partial charge in [0.2, 0.25) is 5.91 Å². The Kier molecular flexibility index (Phi) is 7.66. The van der Waals surface area contributed by atoms with Gasteiger partial charge in [-0.2, -0.15) is 0 Å². The minimum Gasteiger partial charge on any atom is -0.393 e. The van der Waals surface area contributed by atoms with Gasteiger partial charge in [-0.1, -0.05) is 6.08 Å². The van der Waals surface area contributed by atoms with Crippen molar-refractivity contribution in [1.29, 1.82) is 0 Å². The summed E-state index contributed by atoms with van der Waals surface area (Å²) >= 11 is 0. The summed E-state index contributed by atoms with van der Waals surface area (Å²) in [5.41, 5.74) is 1.62. The van der Waals surface area contributed by atoms with Crippen molar-refractivity contribution >= 4 is 34.6 Å². The SMILES string of the molecule is CNC(=O)CC(O)CC(O)CCNC(=O)c1ccc2[nH]c(-c3cc4c([nH]c3=O)=CCCC=4F)cc2c1. The second kappa shape index (κ2) is 10.9. The lowest BCUT2D eigenvalue weighted by molar-refractivity contribution is -0.122. The number of carbonyl (C=O) groups excluding carboxylic acids is 2. The lowest BCUT2D eigenvalue weighted by atomic mass is 10.1. The maximum atomic E-state index is 14.3. The first kappa shape index (κ1) is 25.3. The Hall–Kier alpha value is -3.76. The number of pyridine rings is 1. The third kappa shape index (κ3) is 5.72. The van der Waals surface area contributed by atoms with Crippen LogP contribution in [-0.2, 0) is 4.79 Å². The quantitative estimate of drug-likeness (QED) is 0.256. The van der Waals surface area contributed by atoms with E-state index in [9.17, 15) is 29.0 Å². The number of aliphatic hydroxyl groups is 2. The first-order valence-electron chi connectivity index (χ1n) is 11.9. The summed E-state index contributed by atoms with van der Waals surface area (Å²) in [6.45, 7) is 0.187. The summed E-state index contributed by atoms with van der Waals surface area (Å²) in [4.78, 5) is 42.4. The molecule has 190 valence electrons. The fourth-order valence-electron chi connectivity index (χ4n) is 4.31. The summed E-state index contributed by atoms with van der Waals surface area (Å²) in [7, 11) is 1.47. The number of hydrogen-bond donors (Lipinski definition) is 6. The summed E-state index contributed by atoms with van der Waals surface area (Å²) < 4.78 is 14.3. The molecule has 0 fully saturated rings. The molecule has 2 aromatic heterocycles. The lowest BCUT2D eigenvalue weighted by Crippen LogP contribution is -2.37. The zero-order valence-electron chi connectivity index (χ0n) is 19.9. The molecule has 9 nitrogen and oxygen atoms in total. The van der Waals surface area contributed by atoms with Crippen LogP contribution in [-0.4, -0.2) is 57.8 Å². The van der Waals surface area contributed by atoms with Gasteiger partial charge in [-0.25, -0.2) is 4.39 Å². The molecule has 1 aliphatic carbocycles. The van der Waals surface area contributed by atoms with Crippen molar-refractivity contribution < 1.29 is 24.2 Å². The Bertz CT molecular complexity index is 1480. The highest BCUT2D eigenvalue weighted by Crippen LogP contribution is 2.23. The number of hydrogen-bond acceptors (Lipinski definition) is 5. The van der Waals surface area contributed by atoms with E-state index < -0.39 is 12.2 Å². The predicted molar refractivity (Wildman–Crippen MR) is 134 cm³/mol. The van der Waals surface area contributed by atoms with Crippen LogP contribution in [0.4, 0.5) is 4.39 Å². The van der Waals surface area contributed by atoms with Crippen LogP contribution in [0.15, 0.2) is 35.1 Å². The van der Waals surface area contributed by atoms with Gasteiger partial charge in [-0.05, 0) is 49.6 Å². The fourth-order valence-corrected chi connectivity index (χ4v) is 4.31. The van der Waals surface area contributed by atoms with Gasteiger partial charge >= 0.3 is 0 Å². The average Bonchev–Trinajstić information content (AvgIpc) is 3.26. The molecule has 2 amide bonds. The summed E-state index contributed by atoms with van der Waals surface area (Å²) in [5.74, 6) is -0.908. The lowest BCUT2D eigenvalue weighted by Gasteiger charge is -2.15. The smallest absolute Gasteiger partial charge is 0.257 e. The molecule has 10 heteroatoms. The average molecular weight is 497 g/mol. The standard InChI is InChI=1S/C26H29FN4O5/c1-28-24(34)12-17(33)11-16(32)7-8-29-25(35)14-5-6-21-15(9-14)10-23(30-21)19-13-18-20(27)3-2-4-22(18)31-26(19)36/h4-6,9-10,13,16-17,30,32-33H,2-3,7-8,11-12H2,1H3,(H,28,34)(H,29,35)(H,31,36). The number of rotatable bonds is 9. The number of benzene rings is 1. The van der Waals surface area contributed by atoms with E-state index in [0.717, 1.165) is 5.52 Å². The van der Waals surface area contributed by atoms with Gasteiger partial charge in [0.25, 0.3) is 11.5 Å². The topological polar surface area (TPSA) is 147 Å². The Balaban J connectivity index is 1.43. The zero-order valence-corrected chi connectivity index (χ0v) is 19.9. The van der Waals surface area contributed by atoms with E-state index in [2.05, 4.69) is 20.6 Å². The Morgan fingerprint density at radius 1 is 1.14 bits per heavy atom. The van der Waals surface area contributed by atoms with Crippen molar-refractivity contribution in [3.8, 4) is 11.3 Å². The number of carbonyl (C=O) groups is 2. The molecule has 2 heterocycles. The van der Waals surface area contributed by atoms with Crippen molar-refractivity contribution in [3.63, 3.8) is 0 Å². The third-order valence-electron chi connectivity index (χ3n) is 6.26. The molecule has 36 heavy (non-hydrogen) atoms. The number of aromatic amines is 2. The van der Waals surface area contributed by atoms with Crippen LogP contribution in [0, 0.1) is 0 Å². The number of halogens is 1. The third-order valence-corrected chi connectivity index (χ3v) is 6.26. The normalized spacial score (nSPS) is 14.6. The zero-order chi connectivity index (χ0) is 25.8. The largest absolute Gasteiger partial charge is 0.393 e. The van der Waals surface area contributed by atoms with E-state index in [-0.39, 0.29) is 49.0 Å². The first-order valence-corrected chi connectivity index (χ1v) is 11.9. The van der Waals surface area contributed by atoms with E-state index in [1.54, 1.807) is 30.3 Å². The number of H-pyrrole nitrogens is 2. The number of aromatic nitrogens is 2. The van der Waals surface area contributed by atoms with Crippen LogP contribution in [0.5, 0.6) is 0 Å². The molecule has 0 radical (unpaired) electrons. The van der Waals surface area contributed by atoms with Gasteiger partial charge in [-0.3, -0.25) is 14.4 Å². The van der Waals surface area contributed by atoms with Gasteiger partial charge in [0, 0.05) is 47.0 Å². The van der Waals surface area contributed by atoms with E-state index in [4.69, 9.17) is 0 Å². The second-order valence-electron chi connectivity index (χ2n) is 8.94. The molecule has 0 saturated carbocycles. The van der Waals surface area contributed by atoms with Crippen LogP contribution >= 0.6 is 0 Å². The van der Waals surface area contributed by atoms with Gasteiger partial charge < -0.3 is 30.8 Å². The molecule has 0 bridgehead atoms. The van der Waals surface area contributed by atoms with Gasteiger partial charge in [0.05, 0.1) is 29.9 Å². The summed E-state index contributed by atoms with van der Waals surface area (Å²) in [6, 6.07) is 8.34. The molecule has 6 N–H and O–H groups in total. The number of nitrogens with one attached hydrogen (secondary N) is 4. The fraction of sp³-hybridized carbons (Fsp3) is 0.346. The molecule has 0 spiro atoms. The highest BCUT2D eigenvalue weighted by molar-refractivity contribution is 5.99. The Labute approximate surface area is 205 Å². The monoisotopic (exact) mass is 496 g/mol. The first-order chi connectivity index (χ1) is 17.2. The predicted octanol–water partition coefficient (Wildman–Crippen LogP) is 0.543. The molecule has 2 unspecified atom stereocenters.